The minimum Gasteiger partial charge on any atom is -0.384 e. The van der Waals surface area contributed by atoms with E-state index in [1.807, 2.05) is 0 Å². The SMILES string of the molecule is Nc1c2c(nn1C(=O)[C@H]1CCNc3c1cccc3C(F)(F)F)CCC(N)C2. The fourth-order valence-corrected chi connectivity index (χ4v) is 3.98. The van der Waals surface area contributed by atoms with Crippen molar-refractivity contribution in [2.24, 2.45) is 5.73 Å². The van der Waals surface area contributed by atoms with Gasteiger partial charge in [-0.05, 0) is 37.3 Å². The summed E-state index contributed by atoms with van der Waals surface area (Å²) in [5.74, 6) is -0.893. The molecule has 1 aromatic heterocycles. The largest absolute Gasteiger partial charge is 0.418 e. The normalized spacial score (nSPS) is 21.9. The fraction of sp³-hybridized carbons (Fsp3) is 0.444. The zero-order chi connectivity index (χ0) is 19.3. The maximum absolute atomic E-state index is 13.3. The van der Waals surface area contributed by atoms with Gasteiger partial charge in [0.1, 0.15) is 5.82 Å². The van der Waals surface area contributed by atoms with Gasteiger partial charge < -0.3 is 16.8 Å². The van der Waals surface area contributed by atoms with Crippen LogP contribution in [0.2, 0.25) is 0 Å². The van der Waals surface area contributed by atoms with Crippen molar-refractivity contribution in [2.75, 3.05) is 17.6 Å². The second-order valence-electron chi connectivity index (χ2n) is 7.10. The first-order chi connectivity index (χ1) is 12.8. The number of nitrogens with one attached hydrogen (secondary N) is 1. The first-order valence-corrected chi connectivity index (χ1v) is 8.87. The number of aryl methyl sites for hydroxylation is 1. The molecule has 4 rings (SSSR count). The van der Waals surface area contributed by atoms with Gasteiger partial charge in [-0.25, -0.2) is 0 Å². The van der Waals surface area contributed by atoms with Crippen molar-refractivity contribution < 1.29 is 18.0 Å². The second kappa shape index (κ2) is 6.26. The number of hydrogen-bond acceptors (Lipinski definition) is 5. The number of para-hydroxylation sites is 1. The molecular formula is C18H20F3N5O. The third-order valence-electron chi connectivity index (χ3n) is 5.34. The molecule has 6 nitrogen and oxygen atoms in total. The molecule has 27 heavy (non-hydrogen) atoms. The van der Waals surface area contributed by atoms with Gasteiger partial charge in [0.15, 0.2) is 0 Å². The molecule has 2 heterocycles. The van der Waals surface area contributed by atoms with Crippen LogP contribution in [-0.2, 0) is 19.0 Å². The quantitative estimate of drug-likeness (QED) is 0.707. The van der Waals surface area contributed by atoms with E-state index in [1.54, 1.807) is 6.07 Å². The Morgan fingerprint density at radius 2 is 2.07 bits per heavy atom. The molecule has 1 unspecified atom stereocenters. The Labute approximate surface area is 153 Å². The average Bonchev–Trinajstić information content (AvgIpc) is 2.95. The van der Waals surface area contributed by atoms with E-state index >= 15 is 0 Å². The van der Waals surface area contributed by atoms with Crippen LogP contribution in [0.3, 0.4) is 0 Å². The summed E-state index contributed by atoms with van der Waals surface area (Å²) in [7, 11) is 0. The highest BCUT2D eigenvalue weighted by molar-refractivity contribution is 5.90. The van der Waals surface area contributed by atoms with Crippen LogP contribution >= 0.6 is 0 Å². The predicted octanol–water partition coefficient (Wildman–Crippen LogP) is 2.54. The van der Waals surface area contributed by atoms with Gasteiger partial charge in [0.2, 0.25) is 0 Å². The van der Waals surface area contributed by atoms with E-state index in [9.17, 15) is 18.0 Å². The molecule has 0 fully saturated rings. The van der Waals surface area contributed by atoms with Gasteiger partial charge in [-0.1, -0.05) is 12.1 Å². The highest BCUT2D eigenvalue weighted by Gasteiger charge is 2.38. The van der Waals surface area contributed by atoms with Gasteiger partial charge in [0.05, 0.1) is 22.9 Å². The molecule has 1 aromatic carbocycles. The zero-order valence-corrected chi connectivity index (χ0v) is 14.5. The minimum atomic E-state index is -4.50. The molecule has 2 aliphatic rings. The van der Waals surface area contributed by atoms with Crippen molar-refractivity contribution in [1.82, 2.24) is 9.78 Å². The number of fused-ring (bicyclic) bond motifs is 2. The molecule has 5 N–H and O–H groups in total. The molecule has 0 bridgehead atoms. The standard InChI is InChI=1S/C18H20F3N5O/c19-18(20,21)13-3-1-2-10-11(6-7-24-15(10)13)17(27)26-16(23)12-8-9(22)4-5-14(12)25-26/h1-3,9,11,24H,4-8,22-23H2/t9?,11-/m0/s1. The average molecular weight is 379 g/mol. The van der Waals surface area contributed by atoms with Crippen molar-refractivity contribution in [3.63, 3.8) is 0 Å². The number of anilines is 2. The van der Waals surface area contributed by atoms with Gasteiger partial charge in [0.25, 0.3) is 5.91 Å². The van der Waals surface area contributed by atoms with Crippen molar-refractivity contribution in [3.8, 4) is 0 Å². The highest BCUT2D eigenvalue weighted by atomic mass is 19.4. The molecule has 2 aromatic rings. The van der Waals surface area contributed by atoms with Gasteiger partial charge in [-0.3, -0.25) is 4.79 Å². The maximum atomic E-state index is 13.3. The molecule has 0 amide bonds. The van der Waals surface area contributed by atoms with Gasteiger partial charge in [-0.15, -0.1) is 0 Å². The number of hydrogen-bond donors (Lipinski definition) is 3. The van der Waals surface area contributed by atoms with E-state index in [0.717, 1.165) is 28.4 Å². The molecule has 0 radical (unpaired) electrons. The molecule has 9 heteroatoms. The number of nitrogen functional groups attached to an aromatic ring is 1. The van der Waals surface area contributed by atoms with Crippen LogP contribution in [0.1, 0.15) is 45.9 Å². The van der Waals surface area contributed by atoms with Crippen LogP contribution in [0.25, 0.3) is 0 Å². The van der Waals surface area contributed by atoms with E-state index in [1.165, 1.54) is 6.07 Å². The summed E-state index contributed by atoms with van der Waals surface area (Å²) in [6.07, 6.45) is -2.17. The number of nitrogens with two attached hydrogens (primary N) is 2. The Kier molecular flexibility index (Phi) is 4.14. The Hall–Kier alpha value is -2.55. The van der Waals surface area contributed by atoms with E-state index in [4.69, 9.17) is 11.5 Å². The molecule has 1 aliphatic heterocycles. The third-order valence-corrected chi connectivity index (χ3v) is 5.34. The van der Waals surface area contributed by atoms with E-state index < -0.39 is 23.6 Å². The second-order valence-corrected chi connectivity index (χ2v) is 7.10. The summed E-state index contributed by atoms with van der Waals surface area (Å²) < 4.78 is 41.1. The lowest BCUT2D eigenvalue weighted by molar-refractivity contribution is -0.137. The number of carbonyl (C=O) groups excluding carboxylic acids is 1. The molecule has 144 valence electrons. The predicted molar refractivity (Wildman–Crippen MR) is 94.6 cm³/mol. The van der Waals surface area contributed by atoms with Crippen LogP contribution in [0.15, 0.2) is 18.2 Å². The van der Waals surface area contributed by atoms with Crippen molar-refractivity contribution in [2.45, 2.75) is 43.8 Å². The molecule has 0 spiro atoms. The topological polar surface area (TPSA) is 99.0 Å². The number of benzene rings is 1. The monoisotopic (exact) mass is 379 g/mol. The molecule has 0 saturated heterocycles. The summed E-state index contributed by atoms with van der Waals surface area (Å²) in [4.78, 5) is 13.1. The van der Waals surface area contributed by atoms with Crippen LogP contribution in [0, 0.1) is 0 Å². The van der Waals surface area contributed by atoms with Gasteiger partial charge in [0, 0.05) is 18.2 Å². The Morgan fingerprint density at radius 1 is 1.30 bits per heavy atom. The summed E-state index contributed by atoms with van der Waals surface area (Å²) >= 11 is 0. The summed E-state index contributed by atoms with van der Waals surface area (Å²) in [5, 5.41) is 7.14. The number of nitrogens with zero attached hydrogens (tertiary/aromatic N) is 2. The van der Waals surface area contributed by atoms with E-state index in [-0.39, 0.29) is 24.1 Å². The Morgan fingerprint density at radius 3 is 2.81 bits per heavy atom. The minimum absolute atomic E-state index is 0.0264. The Balaban J connectivity index is 1.74. The molecule has 1 aliphatic carbocycles. The molecule has 0 saturated carbocycles. The maximum Gasteiger partial charge on any atom is 0.418 e. The number of aromatic nitrogens is 2. The summed E-state index contributed by atoms with van der Waals surface area (Å²) in [6, 6.07) is 3.86. The number of rotatable bonds is 1. The van der Waals surface area contributed by atoms with Crippen molar-refractivity contribution in [3.05, 3.63) is 40.6 Å². The lowest BCUT2D eigenvalue weighted by Crippen LogP contribution is -2.29. The molecular weight excluding hydrogens is 359 g/mol. The number of alkyl halides is 3. The summed E-state index contributed by atoms with van der Waals surface area (Å²) in [6.45, 7) is 0.266. The van der Waals surface area contributed by atoms with E-state index in [2.05, 4.69) is 10.4 Å². The van der Waals surface area contributed by atoms with Crippen molar-refractivity contribution >= 4 is 17.4 Å². The van der Waals surface area contributed by atoms with E-state index in [0.29, 0.717) is 24.8 Å². The number of halogens is 3. The zero-order valence-electron chi connectivity index (χ0n) is 14.5. The first-order valence-electron chi connectivity index (χ1n) is 8.87. The lowest BCUT2D eigenvalue weighted by atomic mass is 9.88. The first kappa shape index (κ1) is 17.8. The molecule has 2 atom stereocenters. The third kappa shape index (κ3) is 2.95. The number of carbonyl (C=O) groups is 1. The lowest BCUT2D eigenvalue weighted by Gasteiger charge is -2.28. The van der Waals surface area contributed by atoms with Crippen LogP contribution < -0.4 is 16.8 Å². The smallest absolute Gasteiger partial charge is 0.384 e. The van der Waals surface area contributed by atoms with Gasteiger partial charge in [-0.2, -0.15) is 23.0 Å². The van der Waals surface area contributed by atoms with Gasteiger partial charge >= 0.3 is 6.18 Å². The Bertz CT molecular complexity index is 905. The van der Waals surface area contributed by atoms with Crippen LogP contribution in [-0.4, -0.2) is 28.3 Å². The fourth-order valence-electron chi connectivity index (χ4n) is 3.98. The highest BCUT2D eigenvalue weighted by Crippen LogP contribution is 2.42. The van der Waals surface area contributed by atoms with Crippen molar-refractivity contribution in [1.29, 1.82) is 0 Å². The van der Waals surface area contributed by atoms with Crippen LogP contribution in [0.5, 0.6) is 0 Å². The summed E-state index contributed by atoms with van der Waals surface area (Å²) in [5.41, 5.74) is 13.2. The van der Waals surface area contributed by atoms with Crippen LogP contribution in [0.4, 0.5) is 24.7 Å².